The zero-order valence-corrected chi connectivity index (χ0v) is 15.8. The second-order valence-corrected chi connectivity index (χ2v) is 8.04. The van der Waals surface area contributed by atoms with Crippen LogP contribution < -0.4 is 10.1 Å². The number of carbonyl (C=O) groups is 1. The third kappa shape index (κ3) is 5.26. The van der Waals surface area contributed by atoms with E-state index in [2.05, 4.69) is 17.4 Å². The lowest BCUT2D eigenvalue weighted by Gasteiger charge is -2.37. The van der Waals surface area contributed by atoms with Crippen LogP contribution in [0.25, 0.3) is 0 Å². The Balaban J connectivity index is 1.59. The van der Waals surface area contributed by atoms with E-state index < -0.39 is 6.10 Å². The maximum atomic E-state index is 12.5. The standard InChI is InChI=1S/C21H25NO3S/c1-17(25-18-8-4-2-5-9-18)20(23)22-16-21(12-14-24-15-13-21)26-19-10-6-3-7-11-19/h2-11,17H,12-16H2,1H3,(H,22,23)/t17-/m1/s1. The number of hydrogen-bond acceptors (Lipinski definition) is 4. The molecule has 0 radical (unpaired) electrons. The van der Waals surface area contributed by atoms with Crippen LogP contribution in [0.2, 0.25) is 0 Å². The highest BCUT2D eigenvalue weighted by Gasteiger charge is 2.34. The first-order valence-electron chi connectivity index (χ1n) is 8.98. The van der Waals surface area contributed by atoms with Crippen LogP contribution in [0.4, 0.5) is 0 Å². The minimum atomic E-state index is -0.531. The average Bonchev–Trinajstić information content (AvgIpc) is 2.68. The molecule has 3 rings (SSSR count). The first-order chi connectivity index (χ1) is 12.7. The van der Waals surface area contributed by atoms with Crippen molar-refractivity contribution in [2.45, 2.75) is 35.5 Å². The van der Waals surface area contributed by atoms with E-state index in [1.54, 1.807) is 6.92 Å². The fourth-order valence-electron chi connectivity index (χ4n) is 2.95. The van der Waals surface area contributed by atoms with Crippen molar-refractivity contribution in [3.63, 3.8) is 0 Å². The van der Waals surface area contributed by atoms with E-state index in [4.69, 9.17) is 9.47 Å². The van der Waals surface area contributed by atoms with E-state index >= 15 is 0 Å². The molecule has 1 saturated heterocycles. The van der Waals surface area contributed by atoms with Gasteiger partial charge in [0, 0.05) is 29.4 Å². The molecule has 4 nitrogen and oxygen atoms in total. The van der Waals surface area contributed by atoms with Crippen LogP contribution in [0.3, 0.4) is 0 Å². The van der Waals surface area contributed by atoms with Gasteiger partial charge in [-0.3, -0.25) is 4.79 Å². The third-order valence-corrected chi connectivity index (χ3v) is 5.99. The number of thioether (sulfide) groups is 1. The van der Waals surface area contributed by atoms with Gasteiger partial charge >= 0.3 is 0 Å². The molecular weight excluding hydrogens is 346 g/mol. The summed E-state index contributed by atoms with van der Waals surface area (Å²) in [6.07, 6.45) is 1.30. The molecule has 0 bridgehead atoms. The van der Waals surface area contributed by atoms with Crippen molar-refractivity contribution in [1.82, 2.24) is 5.32 Å². The Labute approximate surface area is 159 Å². The van der Waals surface area contributed by atoms with Crippen molar-refractivity contribution < 1.29 is 14.3 Å². The number of amides is 1. The minimum Gasteiger partial charge on any atom is -0.481 e. The Hall–Kier alpha value is -1.98. The number of ether oxygens (including phenoxy) is 2. The molecule has 1 atom stereocenters. The van der Waals surface area contributed by atoms with Gasteiger partial charge in [0.15, 0.2) is 6.10 Å². The normalized spacial score (nSPS) is 17.3. The Morgan fingerprint density at radius 3 is 2.38 bits per heavy atom. The van der Waals surface area contributed by atoms with Crippen molar-refractivity contribution in [1.29, 1.82) is 0 Å². The van der Waals surface area contributed by atoms with E-state index in [1.807, 2.05) is 60.3 Å². The van der Waals surface area contributed by atoms with Crippen LogP contribution in [0, 0.1) is 0 Å². The summed E-state index contributed by atoms with van der Waals surface area (Å²) in [5.41, 5.74) is 0. The predicted octanol–water partition coefficient (Wildman–Crippen LogP) is 3.91. The van der Waals surface area contributed by atoms with Gasteiger partial charge in [0.05, 0.1) is 0 Å². The lowest BCUT2D eigenvalue weighted by atomic mass is 9.99. The van der Waals surface area contributed by atoms with E-state index in [9.17, 15) is 4.79 Å². The molecule has 0 saturated carbocycles. The monoisotopic (exact) mass is 371 g/mol. The van der Waals surface area contributed by atoms with Crippen LogP contribution >= 0.6 is 11.8 Å². The summed E-state index contributed by atoms with van der Waals surface area (Å²) in [6, 6.07) is 19.8. The lowest BCUT2D eigenvalue weighted by molar-refractivity contribution is -0.127. The van der Waals surface area contributed by atoms with E-state index in [0.717, 1.165) is 26.1 Å². The van der Waals surface area contributed by atoms with Gasteiger partial charge < -0.3 is 14.8 Å². The first kappa shape index (κ1) is 18.8. The Morgan fingerprint density at radius 1 is 1.12 bits per heavy atom. The molecule has 2 aromatic carbocycles. The van der Waals surface area contributed by atoms with Crippen LogP contribution in [0.15, 0.2) is 65.6 Å². The Bertz CT molecular complexity index is 687. The molecule has 1 heterocycles. The predicted molar refractivity (Wildman–Crippen MR) is 105 cm³/mol. The van der Waals surface area contributed by atoms with Crippen molar-refractivity contribution >= 4 is 17.7 Å². The first-order valence-corrected chi connectivity index (χ1v) is 9.80. The van der Waals surface area contributed by atoms with Gasteiger partial charge in [-0.2, -0.15) is 0 Å². The molecule has 2 aromatic rings. The van der Waals surface area contributed by atoms with Gasteiger partial charge in [-0.15, -0.1) is 11.8 Å². The molecule has 138 valence electrons. The fourth-order valence-corrected chi connectivity index (χ4v) is 4.25. The molecule has 5 heteroatoms. The maximum absolute atomic E-state index is 12.5. The van der Waals surface area contributed by atoms with Crippen molar-refractivity contribution in [3.05, 3.63) is 60.7 Å². The second-order valence-electron chi connectivity index (χ2n) is 6.50. The third-order valence-electron chi connectivity index (χ3n) is 4.49. The fraction of sp³-hybridized carbons (Fsp3) is 0.381. The molecule has 1 N–H and O–H groups in total. The van der Waals surface area contributed by atoms with Crippen molar-refractivity contribution in [3.8, 4) is 5.75 Å². The topological polar surface area (TPSA) is 47.6 Å². The summed E-state index contributed by atoms with van der Waals surface area (Å²) in [5, 5.41) is 3.09. The average molecular weight is 372 g/mol. The number of hydrogen-bond donors (Lipinski definition) is 1. The molecule has 26 heavy (non-hydrogen) atoms. The van der Waals surface area contributed by atoms with Crippen LogP contribution in [-0.4, -0.2) is 36.5 Å². The number of nitrogens with one attached hydrogen (secondary N) is 1. The largest absolute Gasteiger partial charge is 0.481 e. The lowest BCUT2D eigenvalue weighted by Crippen LogP contribution is -2.47. The highest BCUT2D eigenvalue weighted by atomic mass is 32.2. The van der Waals surface area contributed by atoms with Gasteiger partial charge in [0.25, 0.3) is 5.91 Å². The molecule has 0 unspecified atom stereocenters. The van der Waals surface area contributed by atoms with Crippen LogP contribution in [0.5, 0.6) is 5.75 Å². The Kier molecular flexibility index (Phi) is 6.58. The highest BCUT2D eigenvalue weighted by Crippen LogP contribution is 2.40. The zero-order chi connectivity index (χ0) is 18.2. The summed E-state index contributed by atoms with van der Waals surface area (Å²) < 4.78 is 11.2. The van der Waals surface area contributed by atoms with E-state index in [1.165, 1.54) is 4.90 Å². The summed E-state index contributed by atoms with van der Waals surface area (Å²) in [4.78, 5) is 13.7. The summed E-state index contributed by atoms with van der Waals surface area (Å²) >= 11 is 1.83. The number of rotatable bonds is 7. The summed E-state index contributed by atoms with van der Waals surface area (Å²) in [7, 11) is 0. The van der Waals surface area contributed by atoms with Gasteiger partial charge in [0.1, 0.15) is 5.75 Å². The molecule has 0 aromatic heterocycles. The molecule has 1 aliphatic rings. The summed E-state index contributed by atoms with van der Waals surface area (Å²) in [5.74, 6) is 0.614. The molecule has 1 aliphatic heterocycles. The highest BCUT2D eigenvalue weighted by molar-refractivity contribution is 8.00. The van der Waals surface area contributed by atoms with Crippen LogP contribution in [0.1, 0.15) is 19.8 Å². The minimum absolute atomic E-state index is 0.0400. The molecule has 1 fully saturated rings. The molecule has 0 spiro atoms. The summed E-state index contributed by atoms with van der Waals surface area (Å²) in [6.45, 7) is 3.85. The number of para-hydroxylation sites is 1. The molecular formula is C21H25NO3S. The van der Waals surface area contributed by atoms with Gasteiger partial charge in [-0.05, 0) is 44.0 Å². The molecule has 0 aliphatic carbocycles. The van der Waals surface area contributed by atoms with E-state index in [0.29, 0.717) is 12.3 Å². The number of benzene rings is 2. The Morgan fingerprint density at radius 2 is 1.73 bits per heavy atom. The smallest absolute Gasteiger partial charge is 0.260 e. The van der Waals surface area contributed by atoms with Gasteiger partial charge in [-0.1, -0.05) is 36.4 Å². The van der Waals surface area contributed by atoms with Crippen molar-refractivity contribution in [2.24, 2.45) is 0 Å². The van der Waals surface area contributed by atoms with Crippen LogP contribution in [-0.2, 0) is 9.53 Å². The molecule has 1 amide bonds. The van der Waals surface area contributed by atoms with Crippen molar-refractivity contribution in [2.75, 3.05) is 19.8 Å². The quantitative estimate of drug-likeness (QED) is 0.802. The maximum Gasteiger partial charge on any atom is 0.260 e. The van der Waals surface area contributed by atoms with Gasteiger partial charge in [-0.25, -0.2) is 0 Å². The second kappa shape index (κ2) is 9.10. The number of carbonyl (C=O) groups excluding carboxylic acids is 1. The zero-order valence-electron chi connectivity index (χ0n) is 15.0. The SMILES string of the molecule is C[C@@H](Oc1ccccc1)C(=O)NCC1(Sc2ccccc2)CCOCC1. The van der Waals surface area contributed by atoms with Gasteiger partial charge in [0.2, 0.25) is 0 Å². The van der Waals surface area contributed by atoms with E-state index in [-0.39, 0.29) is 10.7 Å².